The fraction of sp³-hybridized carbons (Fsp3) is 0.917. The normalized spacial score (nSPS) is 20.7. The molecule has 1 rings (SSSR count). The van der Waals surface area contributed by atoms with Crippen LogP contribution in [0.5, 0.6) is 0 Å². The third-order valence-corrected chi connectivity index (χ3v) is 3.12. The van der Waals surface area contributed by atoms with Gasteiger partial charge in [-0.3, -0.25) is 4.79 Å². The molecule has 1 saturated heterocycles. The minimum atomic E-state index is -0.0945. The Bertz CT molecular complexity index is 213. The Morgan fingerprint density at radius 2 is 2.12 bits per heavy atom. The summed E-state index contributed by atoms with van der Waals surface area (Å²) in [7, 11) is 2.15. The zero-order valence-electron chi connectivity index (χ0n) is 10.7. The maximum atomic E-state index is 11.4. The van der Waals surface area contributed by atoms with Crippen LogP contribution in [0.1, 0.15) is 26.7 Å². The maximum Gasteiger partial charge on any atom is 0.309 e. The molecule has 4 heteroatoms. The van der Waals surface area contributed by atoms with Gasteiger partial charge < -0.3 is 15.0 Å². The second-order valence-electron chi connectivity index (χ2n) is 4.64. The quantitative estimate of drug-likeness (QED) is 0.709. The molecule has 16 heavy (non-hydrogen) atoms. The summed E-state index contributed by atoms with van der Waals surface area (Å²) in [6.07, 6.45) is 2.35. The van der Waals surface area contributed by atoms with Crippen LogP contribution in [0, 0.1) is 5.92 Å². The Morgan fingerprint density at radius 1 is 1.50 bits per heavy atom. The largest absolute Gasteiger partial charge is 0.466 e. The Morgan fingerprint density at radius 3 is 2.69 bits per heavy atom. The predicted octanol–water partition coefficient (Wildman–Crippen LogP) is 0.869. The van der Waals surface area contributed by atoms with Crippen molar-refractivity contribution in [2.45, 2.75) is 32.7 Å². The summed E-state index contributed by atoms with van der Waals surface area (Å²) < 4.78 is 4.97. The number of hydrogen-bond donors (Lipinski definition) is 1. The molecule has 0 amide bonds. The molecule has 94 valence electrons. The summed E-state index contributed by atoms with van der Waals surface area (Å²) >= 11 is 0. The van der Waals surface area contributed by atoms with Crippen molar-refractivity contribution in [3.63, 3.8) is 0 Å². The van der Waals surface area contributed by atoms with Crippen LogP contribution in [-0.4, -0.2) is 50.2 Å². The molecular weight excluding hydrogens is 204 g/mol. The minimum absolute atomic E-state index is 0.0420. The molecule has 0 saturated carbocycles. The lowest BCUT2D eigenvalue weighted by molar-refractivity contribution is -0.147. The summed E-state index contributed by atoms with van der Waals surface area (Å²) in [5, 5.41) is 3.45. The van der Waals surface area contributed by atoms with Gasteiger partial charge >= 0.3 is 5.97 Å². The van der Waals surface area contributed by atoms with Gasteiger partial charge in [0.2, 0.25) is 0 Å². The van der Waals surface area contributed by atoms with E-state index in [1.54, 1.807) is 0 Å². The molecule has 1 aliphatic rings. The molecule has 1 aliphatic heterocycles. The third-order valence-electron chi connectivity index (χ3n) is 3.12. The van der Waals surface area contributed by atoms with Crippen molar-refractivity contribution in [1.29, 1.82) is 0 Å². The molecule has 1 fully saturated rings. The van der Waals surface area contributed by atoms with Gasteiger partial charge in [0.15, 0.2) is 0 Å². The van der Waals surface area contributed by atoms with Crippen molar-refractivity contribution in [3.8, 4) is 0 Å². The van der Waals surface area contributed by atoms with E-state index < -0.39 is 0 Å². The molecule has 0 bridgehead atoms. The van der Waals surface area contributed by atoms with Crippen LogP contribution in [0.2, 0.25) is 0 Å². The topological polar surface area (TPSA) is 41.6 Å². The van der Waals surface area contributed by atoms with Crippen LogP contribution >= 0.6 is 0 Å². The molecule has 0 aromatic carbocycles. The molecule has 1 heterocycles. The summed E-state index contributed by atoms with van der Waals surface area (Å²) in [4.78, 5) is 13.7. The van der Waals surface area contributed by atoms with Gasteiger partial charge in [-0.05, 0) is 39.9 Å². The Labute approximate surface area is 98.3 Å². The zero-order valence-corrected chi connectivity index (χ0v) is 10.7. The molecule has 0 aromatic rings. The first-order chi connectivity index (χ1) is 7.63. The first kappa shape index (κ1) is 13.5. The van der Waals surface area contributed by atoms with Crippen molar-refractivity contribution in [3.05, 3.63) is 0 Å². The molecule has 0 radical (unpaired) electrons. The zero-order chi connectivity index (χ0) is 12.0. The summed E-state index contributed by atoms with van der Waals surface area (Å²) in [5.74, 6) is -0.137. The first-order valence-corrected chi connectivity index (χ1v) is 6.22. The number of rotatable bonds is 5. The van der Waals surface area contributed by atoms with Crippen LogP contribution in [0.4, 0.5) is 0 Å². The van der Waals surface area contributed by atoms with Gasteiger partial charge in [-0.25, -0.2) is 0 Å². The summed E-state index contributed by atoms with van der Waals surface area (Å²) in [5.41, 5.74) is 0. The number of hydrogen-bond acceptors (Lipinski definition) is 4. The van der Waals surface area contributed by atoms with E-state index in [-0.39, 0.29) is 11.9 Å². The summed E-state index contributed by atoms with van der Waals surface area (Å²) in [6, 6.07) is 0.563. The van der Waals surface area contributed by atoms with Gasteiger partial charge in [0.1, 0.15) is 0 Å². The van der Waals surface area contributed by atoms with E-state index >= 15 is 0 Å². The second-order valence-corrected chi connectivity index (χ2v) is 4.64. The highest BCUT2D eigenvalue weighted by Crippen LogP contribution is 2.08. The van der Waals surface area contributed by atoms with Gasteiger partial charge in [0, 0.05) is 12.6 Å². The van der Waals surface area contributed by atoms with Crippen LogP contribution in [-0.2, 0) is 9.53 Å². The van der Waals surface area contributed by atoms with Crippen molar-refractivity contribution in [2.75, 3.05) is 33.3 Å². The first-order valence-electron chi connectivity index (χ1n) is 6.22. The molecule has 0 aliphatic carbocycles. The van der Waals surface area contributed by atoms with E-state index in [4.69, 9.17) is 4.74 Å². The highest BCUT2D eigenvalue weighted by molar-refractivity contribution is 5.72. The van der Waals surface area contributed by atoms with E-state index in [0.717, 1.165) is 19.6 Å². The number of nitrogens with zero attached hydrogens (tertiary/aromatic N) is 1. The number of carbonyl (C=O) groups is 1. The highest BCUT2D eigenvalue weighted by atomic mass is 16.5. The van der Waals surface area contributed by atoms with Gasteiger partial charge in [0.25, 0.3) is 0 Å². The third kappa shape index (κ3) is 4.49. The standard InChI is InChI=1S/C12H24N2O2/c1-4-16-12(15)10(2)9-13-11-5-7-14(3)8-6-11/h10-11,13H,4-9H2,1-3H3. The molecule has 1 N–H and O–H groups in total. The lowest BCUT2D eigenvalue weighted by Gasteiger charge is -2.30. The average molecular weight is 228 g/mol. The van der Waals surface area contributed by atoms with Crippen LogP contribution in [0.3, 0.4) is 0 Å². The number of carbonyl (C=O) groups excluding carboxylic acids is 1. The van der Waals surface area contributed by atoms with E-state index in [2.05, 4.69) is 17.3 Å². The molecule has 1 atom stereocenters. The number of piperidine rings is 1. The fourth-order valence-electron chi connectivity index (χ4n) is 1.92. The van der Waals surface area contributed by atoms with E-state index in [1.165, 1.54) is 12.8 Å². The van der Waals surface area contributed by atoms with Gasteiger partial charge in [-0.2, -0.15) is 0 Å². The van der Waals surface area contributed by atoms with E-state index in [1.807, 2.05) is 13.8 Å². The molecule has 4 nitrogen and oxygen atoms in total. The number of likely N-dealkylation sites (tertiary alicyclic amines) is 1. The number of nitrogens with one attached hydrogen (secondary N) is 1. The Kier molecular flexibility index (Phi) is 5.77. The second kappa shape index (κ2) is 6.86. The van der Waals surface area contributed by atoms with E-state index in [9.17, 15) is 4.79 Å². The van der Waals surface area contributed by atoms with Crippen LogP contribution in [0.15, 0.2) is 0 Å². The SMILES string of the molecule is CCOC(=O)C(C)CNC1CCN(C)CC1. The van der Waals surface area contributed by atoms with Crippen LogP contribution in [0.25, 0.3) is 0 Å². The molecule has 0 aromatic heterocycles. The summed E-state index contributed by atoms with van der Waals surface area (Å²) in [6.45, 7) is 7.25. The van der Waals surface area contributed by atoms with E-state index in [0.29, 0.717) is 12.6 Å². The fourth-order valence-corrected chi connectivity index (χ4v) is 1.92. The van der Waals surface area contributed by atoms with Crippen molar-refractivity contribution in [2.24, 2.45) is 5.92 Å². The maximum absolute atomic E-state index is 11.4. The molecule has 0 spiro atoms. The van der Waals surface area contributed by atoms with Gasteiger partial charge in [-0.1, -0.05) is 6.92 Å². The van der Waals surface area contributed by atoms with Gasteiger partial charge in [-0.15, -0.1) is 0 Å². The predicted molar refractivity (Wildman–Crippen MR) is 64.3 cm³/mol. The number of esters is 1. The Balaban J connectivity index is 2.16. The van der Waals surface area contributed by atoms with Crippen molar-refractivity contribution < 1.29 is 9.53 Å². The average Bonchev–Trinajstić information content (AvgIpc) is 2.28. The number of ether oxygens (including phenoxy) is 1. The lowest BCUT2D eigenvalue weighted by Crippen LogP contribution is -2.43. The monoisotopic (exact) mass is 228 g/mol. The lowest BCUT2D eigenvalue weighted by atomic mass is 10.0. The highest BCUT2D eigenvalue weighted by Gasteiger charge is 2.19. The minimum Gasteiger partial charge on any atom is -0.466 e. The Hall–Kier alpha value is -0.610. The van der Waals surface area contributed by atoms with Crippen LogP contribution < -0.4 is 5.32 Å². The smallest absolute Gasteiger partial charge is 0.309 e. The van der Waals surface area contributed by atoms with Gasteiger partial charge in [0.05, 0.1) is 12.5 Å². The van der Waals surface area contributed by atoms with Crippen molar-refractivity contribution >= 4 is 5.97 Å². The molecular formula is C12H24N2O2. The molecule has 1 unspecified atom stereocenters. The van der Waals surface area contributed by atoms with Crippen molar-refractivity contribution in [1.82, 2.24) is 10.2 Å².